The summed E-state index contributed by atoms with van der Waals surface area (Å²) >= 11 is 0. The molecule has 1 aromatic carbocycles. The van der Waals surface area contributed by atoms with Crippen molar-refractivity contribution in [2.45, 2.75) is 40.2 Å². The van der Waals surface area contributed by atoms with E-state index in [0.29, 0.717) is 13.0 Å². The summed E-state index contributed by atoms with van der Waals surface area (Å²) in [5, 5.41) is 15.7. The van der Waals surface area contributed by atoms with E-state index in [4.69, 9.17) is 9.94 Å². The summed E-state index contributed by atoms with van der Waals surface area (Å²) in [6.07, 6.45) is 0.452. The molecular formula is C16H26N2O3. The van der Waals surface area contributed by atoms with Gasteiger partial charge in [-0.25, -0.2) is 0 Å². The predicted octanol–water partition coefficient (Wildman–Crippen LogP) is 2.69. The van der Waals surface area contributed by atoms with Crippen molar-refractivity contribution in [3.8, 4) is 0 Å². The number of carbonyl (C=O) groups is 1. The monoisotopic (exact) mass is 294 g/mol. The second-order valence-electron chi connectivity index (χ2n) is 4.18. The number of aliphatic carboxylic acids is 1. The van der Waals surface area contributed by atoms with Crippen LogP contribution in [0.1, 0.15) is 38.8 Å². The maximum Gasteiger partial charge on any atom is 0.321 e. The molecule has 0 aliphatic heterocycles. The number of nitrogens with one attached hydrogen (secondary N) is 1. The first kappa shape index (κ1) is 19.1. The van der Waals surface area contributed by atoms with Gasteiger partial charge in [-0.3, -0.25) is 4.79 Å². The number of hydrogen-bond donors (Lipinski definition) is 2. The molecule has 1 aromatic rings. The molecule has 2 N–H and O–H groups in total. The summed E-state index contributed by atoms with van der Waals surface area (Å²) in [7, 11) is 1.64. The number of carboxylic acid groups (broad SMARTS) is 1. The van der Waals surface area contributed by atoms with Crippen molar-refractivity contribution in [1.82, 2.24) is 5.32 Å². The van der Waals surface area contributed by atoms with Crippen LogP contribution >= 0.6 is 0 Å². The molecule has 0 saturated carbocycles. The smallest absolute Gasteiger partial charge is 0.321 e. The number of nitrogens with zero attached hydrogens (tertiary/aromatic N) is 1. The number of oxime groups is 1. The Morgan fingerprint density at radius 3 is 2.33 bits per heavy atom. The molecule has 0 fully saturated rings. The highest BCUT2D eigenvalue weighted by Crippen LogP contribution is 2.08. The van der Waals surface area contributed by atoms with E-state index < -0.39 is 12.0 Å². The Morgan fingerprint density at radius 2 is 1.90 bits per heavy atom. The van der Waals surface area contributed by atoms with Gasteiger partial charge in [0.2, 0.25) is 0 Å². The van der Waals surface area contributed by atoms with Crippen molar-refractivity contribution in [3.63, 3.8) is 0 Å². The minimum absolute atomic E-state index is 0.452. The molecule has 0 aromatic heterocycles. The molecule has 0 bridgehead atoms. The lowest BCUT2D eigenvalue weighted by molar-refractivity contribution is -0.139. The summed E-state index contributed by atoms with van der Waals surface area (Å²) in [6.45, 7) is 8.29. The van der Waals surface area contributed by atoms with Gasteiger partial charge >= 0.3 is 5.97 Å². The Balaban J connectivity index is 0.00000191. The Hall–Kier alpha value is -1.88. The average Bonchev–Trinajstić information content (AvgIpc) is 2.52. The van der Waals surface area contributed by atoms with E-state index in [9.17, 15) is 4.79 Å². The van der Waals surface area contributed by atoms with Crippen LogP contribution in [0.3, 0.4) is 0 Å². The van der Waals surface area contributed by atoms with Gasteiger partial charge in [-0.05, 0) is 38.4 Å². The van der Waals surface area contributed by atoms with Gasteiger partial charge in [-0.2, -0.15) is 0 Å². The van der Waals surface area contributed by atoms with Crippen molar-refractivity contribution in [1.29, 1.82) is 0 Å². The van der Waals surface area contributed by atoms with Crippen molar-refractivity contribution in [3.05, 3.63) is 35.4 Å². The van der Waals surface area contributed by atoms with Crippen molar-refractivity contribution in [2.24, 2.45) is 5.16 Å². The van der Waals surface area contributed by atoms with Crippen molar-refractivity contribution >= 4 is 11.7 Å². The Kier molecular flexibility index (Phi) is 9.88. The Bertz CT molecular complexity index is 441. The summed E-state index contributed by atoms with van der Waals surface area (Å²) < 4.78 is 0. The number of hydrogen-bond acceptors (Lipinski definition) is 4. The lowest BCUT2D eigenvalue weighted by atomic mass is 10.0. The lowest BCUT2D eigenvalue weighted by Gasteiger charge is -2.11. The van der Waals surface area contributed by atoms with Crippen LogP contribution in [0.5, 0.6) is 0 Å². The Labute approximate surface area is 127 Å². The minimum Gasteiger partial charge on any atom is -0.480 e. The van der Waals surface area contributed by atoms with Crippen LogP contribution in [0.25, 0.3) is 0 Å². The third kappa shape index (κ3) is 6.90. The van der Waals surface area contributed by atoms with Crippen molar-refractivity contribution in [2.75, 3.05) is 13.7 Å². The quantitative estimate of drug-likeness (QED) is 0.599. The van der Waals surface area contributed by atoms with Crippen LogP contribution in [0.2, 0.25) is 0 Å². The number of carboxylic acids is 1. The normalized spacial score (nSPS) is 12.1. The molecule has 5 nitrogen and oxygen atoms in total. The van der Waals surface area contributed by atoms with Gasteiger partial charge in [0.15, 0.2) is 0 Å². The fraction of sp³-hybridized carbons (Fsp3) is 0.500. The molecule has 0 aliphatic rings. The van der Waals surface area contributed by atoms with Gasteiger partial charge in [-0.1, -0.05) is 43.3 Å². The van der Waals surface area contributed by atoms with Gasteiger partial charge in [0.05, 0.1) is 5.71 Å². The van der Waals surface area contributed by atoms with Gasteiger partial charge < -0.3 is 15.3 Å². The maximum atomic E-state index is 10.9. The third-order valence-electron chi connectivity index (χ3n) is 2.79. The molecular weight excluding hydrogens is 268 g/mol. The van der Waals surface area contributed by atoms with Crippen LogP contribution in [-0.2, 0) is 16.1 Å². The zero-order chi connectivity index (χ0) is 16.3. The van der Waals surface area contributed by atoms with E-state index >= 15 is 0 Å². The average molecular weight is 294 g/mol. The molecule has 1 unspecified atom stereocenters. The van der Waals surface area contributed by atoms with Gasteiger partial charge in [0.25, 0.3) is 0 Å². The first-order valence-corrected chi connectivity index (χ1v) is 7.24. The molecule has 5 heteroatoms. The molecule has 1 rings (SSSR count). The fourth-order valence-electron chi connectivity index (χ4n) is 1.64. The molecule has 21 heavy (non-hydrogen) atoms. The van der Waals surface area contributed by atoms with Gasteiger partial charge in [-0.15, -0.1) is 0 Å². The molecule has 1 atom stereocenters. The van der Waals surface area contributed by atoms with E-state index in [0.717, 1.165) is 16.8 Å². The SMILES string of the molecule is CC.CCO/N=C(/C)c1ccc(CC(NC)C(=O)O)cc1. The number of benzene rings is 1. The fourth-order valence-corrected chi connectivity index (χ4v) is 1.64. The summed E-state index contributed by atoms with van der Waals surface area (Å²) in [6, 6.07) is 7.09. The summed E-state index contributed by atoms with van der Waals surface area (Å²) in [5.41, 5.74) is 2.74. The van der Waals surface area contributed by atoms with Crippen LogP contribution in [0.15, 0.2) is 29.4 Å². The first-order chi connectivity index (χ1) is 10.1. The molecule has 0 spiro atoms. The first-order valence-electron chi connectivity index (χ1n) is 7.24. The second kappa shape index (κ2) is 10.9. The van der Waals surface area contributed by atoms with E-state index in [1.165, 1.54) is 0 Å². The van der Waals surface area contributed by atoms with E-state index in [2.05, 4.69) is 10.5 Å². The highest BCUT2D eigenvalue weighted by molar-refractivity contribution is 5.98. The van der Waals surface area contributed by atoms with Crippen LogP contribution in [-0.4, -0.2) is 36.5 Å². The second-order valence-corrected chi connectivity index (χ2v) is 4.18. The highest BCUT2D eigenvalue weighted by atomic mass is 16.6. The minimum atomic E-state index is -0.847. The third-order valence-corrected chi connectivity index (χ3v) is 2.79. The van der Waals surface area contributed by atoms with Gasteiger partial charge in [0, 0.05) is 0 Å². The summed E-state index contributed by atoms with van der Waals surface area (Å²) in [4.78, 5) is 15.9. The predicted molar refractivity (Wildman–Crippen MR) is 85.8 cm³/mol. The molecule has 0 amide bonds. The van der Waals surface area contributed by atoms with E-state index in [1.54, 1.807) is 7.05 Å². The van der Waals surface area contributed by atoms with Crippen molar-refractivity contribution < 1.29 is 14.7 Å². The maximum absolute atomic E-state index is 10.9. The standard InChI is InChI=1S/C14H20N2O3.C2H6/c1-4-19-16-10(2)12-7-5-11(6-8-12)9-13(15-3)14(17)18;1-2/h5-8,13,15H,4,9H2,1-3H3,(H,17,18);1-2H3/b16-10-;. The van der Waals surface area contributed by atoms with Gasteiger partial charge in [0.1, 0.15) is 12.6 Å². The zero-order valence-electron chi connectivity index (χ0n) is 13.5. The molecule has 0 radical (unpaired) electrons. The molecule has 118 valence electrons. The summed E-state index contributed by atoms with van der Waals surface area (Å²) in [5.74, 6) is -0.847. The van der Waals surface area contributed by atoms with Crippen LogP contribution < -0.4 is 5.32 Å². The lowest BCUT2D eigenvalue weighted by Crippen LogP contribution is -2.35. The molecule has 0 heterocycles. The zero-order valence-corrected chi connectivity index (χ0v) is 13.5. The van der Waals surface area contributed by atoms with E-state index in [-0.39, 0.29) is 0 Å². The molecule has 0 aliphatic carbocycles. The molecule has 0 saturated heterocycles. The topological polar surface area (TPSA) is 70.9 Å². The number of likely N-dealkylation sites (N-methyl/N-ethyl adjacent to an activating group) is 1. The Morgan fingerprint density at radius 1 is 1.33 bits per heavy atom. The van der Waals surface area contributed by atoms with Crippen LogP contribution in [0, 0.1) is 0 Å². The van der Waals surface area contributed by atoms with E-state index in [1.807, 2.05) is 52.0 Å². The van der Waals surface area contributed by atoms with Crippen LogP contribution in [0.4, 0.5) is 0 Å². The number of rotatable bonds is 7. The highest BCUT2D eigenvalue weighted by Gasteiger charge is 2.15. The largest absolute Gasteiger partial charge is 0.480 e.